The maximum atomic E-state index is 12.6. The summed E-state index contributed by atoms with van der Waals surface area (Å²) < 4.78 is 12.8. The quantitative estimate of drug-likeness (QED) is 0.227. The number of esters is 1. The third-order valence-corrected chi connectivity index (χ3v) is 5.83. The molecule has 0 saturated heterocycles. The molecule has 0 radical (unpaired) electrons. The van der Waals surface area contributed by atoms with Crippen LogP contribution in [0.1, 0.15) is 28.7 Å². The van der Waals surface area contributed by atoms with Crippen LogP contribution in [0.3, 0.4) is 0 Å². The van der Waals surface area contributed by atoms with E-state index in [4.69, 9.17) is 21.1 Å². The molecule has 0 fully saturated rings. The van der Waals surface area contributed by atoms with Crippen molar-refractivity contribution in [1.82, 2.24) is 14.8 Å². The average molecular weight is 501 g/mol. The van der Waals surface area contributed by atoms with Crippen LogP contribution in [0, 0.1) is 6.92 Å². The summed E-state index contributed by atoms with van der Waals surface area (Å²) in [7, 11) is 0. The zero-order valence-electron chi connectivity index (χ0n) is 18.9. The number of hydrogen-bond acceptors (Lipinski definition) is 7. The number of nitrogens with one attached hydrogen (secondary N) is 1. The minimum atomic E-state index is -0.489. The molecular weight excluding hydrogens is 476 g/mol. The second-order valence-corrected chi connectivity index (χ2v) is 8.48. The van der Waals surface area contributed by atoms with Gasteiger partial charge >= 0.3 is 5.97 Å². The number of nitrogens with zero attached hydrogens (tertiary/aromatic N) is 3. The Morgan fingerprint density at radius 2 is 2.03 bits per heavy atom. The van der Waals surface area contributed by atoms with Crippen molar-refractivity contribution in [2.75, 3.05) is 17.7 Å². The van der Waals surface area contributed by atoms with E-state index in [0.29, 0.717) is 39.5 Å². The van der Waals surface area contributed by atoms with Crippen molar-refractivity contribution in [3.63, 3.8) is 0 Å². The first kappa shape index (κ1) is 25.3. The van der Waals surface area contributed by atoms with Crippen molar-refractivity contribution < 1.29 is 19.1 Å². The topological polar surface area (TPSA) is 95.3 Å². The number of benzene rings is 2. The summed E-state index contributed by atoms with van der Waals surface area (Å²) in [6.07, 6.45) is 1.72. The number of anilines is 1. The maximum absolute atomic E-state index is 12.6. The second-order valence-electron chi connectivity index (χ2n) is 7.10. The van der Waals surface area contributed by atoms with Gasteiger partial charge in [-0.1, -0.05) is 41.6 Å². The Hall–Kier alpha value is -3.30. The number of hydrogen-bond donors (Lipinski definition) is 1. The van der Waals surface area contributed by atoms with E-state index in [-0.39, 0.29) is 24.9 Å². The predicted octanol–water partition coefficient (Wildman–Crippen LogP) is 4.91. The van der Waals surface area contributed by atoms with Gasteiger partial charge < -0.3 is 14.8 Å². The fourth-order valence-electron chi connectivity index (χ4n) is 3.06. The van der Waals surface area contributed by atoms with E-state index in [1.54, 1.807) is 49.4 Å². The Kier molecular flexibility index (Phi) is 9.12. The Labute approximate surface area is 207 Å². The lowest BCUT2D eigenvalue weighted by Crippen LogP contribution is -2.18. The number of carbonyl (C=O) groups is 2. The maximum Gasteiger partial charge on any atom is 0.340 e. The summed E-state index contributed by atoms with van der Waals surface area (Å²) in [6, 6.07) is 12.1. The predicted molar refractivity (Wildman–Crippen MR) is 132 cm³/mol. The zero-order chi connectivity index (χ0) is 24.5. The normalized spacial score (nSPS) is 10.6. The average Bonchev–Trinajstić information content (AvgIpc) is 3.19. The summed E-state index contributed by atoms with van der Waals surface area (Å²) in [4.78, 5) is 24.7. The third kappa shape index (κ3) is 6.61. The third-order valence-electron chi connectivity index (χ3n) is 4.63. The van der Waals surface area contributed by atoms with E-state index >= 15 is 0 Å². The highest BCUT2D eigenvalue weighted by molar-refractivity contribution is 7.99. The Morgan fingerprint density at radius 1 is 1.24 bits per heavy atom. The molecule has 8 nitrogen and oxygen atoms in total. The lowest BCUT2D eigenvalue weighted by molar-refractivity contribution is -0.113. The fourth-order valence-corrected chi connectivity index (χ4v) is 4.05. The number of allylic oxidation sites excluding steroid dienone is 1. The number of aryl methyl sites for hydroxylation is 1. The molecule has 0 aliphatic heterocycles. The number of aromatic nitrogens is 3. The number of ether oxygens (including phenoxy) is 2. The van der Waals surface area contributed by atoms with Gasteiger partial charge in [0.05, 0.1) is 23.6 Å². The highest BCUT2D eigenvalue weighted by Gasteiger charge is 2.17. The zero-order valence-corrected chi connectivity index (χ0v) is 20.5. The lowest BCUT2D eigenvalue weighted by Gasteiger charge is -2.11. The van der Waals surface area contributed by atoms with Crippen LogP contribution in [0.15, 0.2) is 60.3 Å². The molecule has 0 unspecified atom stereocenters. The molecule has 0 bridgehead atoms. The monoisotopic (exact) mass is 500 g/mol. The van der Waals surface area contributed by atoms with Gasteiger partial charge in [0.2, 0.25) is 5.91 Å². The van der Waals surface area contributed by atoms with Crippen LogP contribution in [0.4, 0.5) is 5.69 Å². The summed E-state index contributed by atoms with van der Waals surface area (Å²) in [5.41, 5.74) is 1.61. The molecule has 10 heteroatoms. The number of halogens is 1. The van der Waals surface area contributed by atoms with Gasteiger partial charge in [-0.15, -0.1) is 16.8 Å². The smallest absolute Gasteiger partial charge is 0.340 e. The fraction of sp³-hybridized carbons (Fsp3) is 0.250. The molecule has 2 aromatic carbocycles. The molecule has 0 aliphatic rings. The van der Waals surface area contributed by atoms with Crippen molar-refractivity contribution in [2.45, 2.75) is 32.2 Å². The van der Waals surface area contributed by atoms with Crippen LogP contribution in [0.5, 0.6) is 5.75 Å². The van der Waals surface area contributed by atoms with E-state index in [2.05, 4.69) is 22.1 Å². The van der Waals surface area contributed by atoms with Gasteiger partial charge in [0.25, 0.3) is 0 Å². The molecule has 34 heavy (non-hydrogen) atoms. The summed E-state index contributed by atoms with van der Waals surface area (Å²) in [5.74, 6) is 0.599. The van der Waals surface area contributed by atoms with Gasteiger partial charge in [0.15, 0.2) is 11.0 Å². The van der Waals surface area contributed by atoms with E-state index in [1.165, 1.54) is 11.8 Å². The van der Waals surface area contributed by atoms with Crippen LogP contribution >= 0.6 is 23.4 Å². The summed E-state index contributed by atoms with van der Waals surface area (Å²) in [5, 5.41) is 12.4. The molecule has 1 heterocycles. The first-order valence-electron chi connectivity index (χ1n) is 10.5. The Bertz CT molecular complexity index is 1180. The van der Waals surface area contributed by atoms with Gasteiger partial charge in [-0.25, -0.2) is 4.79 Å². The summed E-state index contributed by atoms with van der Waals surface area (Å²) >= 11 is 7.23. The molecule has 1 amide bonds. The number of thioether (sulfide) groups is 1. The molecule has 3 rings (SSSR count). The van der Waals surface area contributed by atoms with Crippen molar-refractivity contribution in [1.29, 1.82) is 0 Å². The van der Waals surface area contributed by atoms with Crippen molar-refractivity contribution >= 4 is 40.9 Å². The number of amides is 1. The molecule has 178 valence electrons. The standard InChI is InChI=1S/C24H25ClN4O4S/c1-4-12-29-21(14-33-20-11-10-17(25)13-16(20)3)27-28-24(29)34-15-22(30)26-19-9-7-6-8-18(19)23(31)32-5-2/h4,6-11,13H,1,5,12,14-15H2,2-3H3,(H,26,30). The van der Waals surface area contributed by atoms with Gasteiger partial charge in [0, 0.05) is 11.6 Å². The molecule has 1 N–H and O–H groups in total. The van der Waals surface area contributed by atoms with Gasteiger partial charge in [-0.3, -0.25) is 9.36 Å². The van der Waals surface area contributed by atoms with E-state index in [9.17, 15) is 9.59 Å². The van der Waals surface area contributed by atoms with Gasteiger partial charge in [0.1, 0.15) is 12.4 Å². The minimum absolute atomic E-state index is 0.0730. The Balaban J connectivity index is 1.65. The number of para-hydroxylation sites is 1. The first-order chi connectivity index (χ1) is 16.4. The van der Waals surface area contributed by atoms with Crippen molar-refractivity contribution in [3.05, 3.63) is 77.1 Å². The van der Waals surface area contributed by atoms with Crippen molar-refractivity contribution in [2.24, 2.45) is 0 Å². The van der Waals surface area contributed by atoms with Crippen molar-refractivity contribution in [3.8, 4) is 5.75 Å². The number of rotatable bonds is 11. The molecule has 1 aromatic heterocycles. The van der Waals surface area contributed by atoms with Crippen LogP contribution in [0.2, 0.25) is 5.02 Å². The number of carbonyl (C=O) groups excluding carboxylic acids is 2. The van der Waals surface area contributed by atoms with E-state index < -0.39 is 5.97 Å². The van der Waals surface area contributed by atoms with E-state index in [0.717, 1.165) is 5.56 Å². The minimum Gasteiger partial charge on any atom is -0.485 e. The van der Waals surface area contributed by atoms with Crippen LogP contribution in [-0.2, 0) is 22.7 Å². The summed E-state index contributed by atoms with van der Waals surface area (Å²) in [6.45, 7) is 8.33. The molecule has 0 atom stereocenters. The first-order valence-corrected chi connectivity index (χ1v) is 11.9. The Morgan fingerprint density at radius 3 is 2.76 bits per heavy atom. The van der Waals surface area contributed by atoms with Gasteiger partial charge in [-0.2, -0.15) is 0 Å². The molecule has 0 spiro atoms. The molecule has 3 aromatic rings. The van der Waals surface area contributed by atoms with Crippen LogP contribution in [0.25, 0.3) is 0 Å². The highest BCUT2D eigenvalue weighted by atomic mass is 35.5. The largest absolute Gasteiger partial charge is 0.485 e. The van der Waals surface area contributed by atoms with Crippen LogP contribution < -0.4 is 10.1 Å². The van der Waals surface area contributed by atoms with Crippen LogP contribution in [-0.4, -0.2) is 39.0 Å². The van der Waals surface area contributed by atoms with Gasteiger partial charge in [-0.05, 0) is 49.7 Å². The molecule has 0 saturated carbocycles. The molecular formula is C24H25ClN4O4S. The highest BCUT2D eigenvalue weighted by Crippen LogP contribution is 2.24. The SMILES string of the molecule is C=CCn1c(COc2ccc(Cl)cc2C)nnc1SCC(=O)Nc1ccccc1C(=O)OCC. The lowest BCUT2D eigenvalue weighted by atomic mass is 10.2. The second kappa shape index (κ2) is 12.2. The van der Waals surface area contributed by atoms with E-state index in [1.807, 2.05) is 17.6 Å². The molecule has 0 aliphatic carbocycles.